The summed E-state index contributed by atoms with van der Waals surface area (Å²) in [4.78, 5) is 11.9. The van der Waals surface area contributed by atoms with Gasteiger partial charge in [-0.05, 0) is 12.8 Å². The van der Waals surface area contributed by atoms with Crippen molar-refractivity contribution in [3.05, 3.63) is 11.8 Å². The molecule has 3 N–H and O–H groups in total. The predicted octanol–water partition coefficient (Wildman–Crippen LogP) is 1.66. The van der Waals surface area contributed by atoms with Crippen LogP contribution in [0.4, 0.5) is 14.6 Å². The maximum atomic E-state index is 13.1. The van der Waals surface area contributed by atoms with Gasteiger partial charge in [0, 0.05) is 37.3 Å². The van der Waals surface area contributed by atoms with Crippen LogP contribution in [0.3, 0.4) is 0 Å². The highest BCUT2D eigenvalue weighted by Gasteiger charge is 2.42. The Morgan fingerprint density at radius 1 is 1.41 bits per heavy atom. The molecule has 1 amide bonds. The zero-order valence-electron chi connectivity index (χ0n) is 11.9. The number of ether oxygens (including phenoxy) is 1. The van der Waals surface area contributed by atoms with Crippen LogP contribution in [0.15, 0.2) is 6.07 Å². The van der Waals surface area contributed by atoms with Crippen LogP contribution in [0.25, 0.3) is 0 Å². The number of aromatic amines is 1. The van der Waals surface area contributed by atoms with Crippen LogP contribution in [0.2, 0.25) is 0 Å². The van der Waals surface area contributed by atoms with Crippen LogP contribution in [-0.2, 0) is 9.53 Å². The predicted molar refractivity (Wildman–Crippen MR) is 78.6 cm³/mol. The SMILES string of the molecule is Cl.O=C(Nc1cc(C2CCOCC2)[nH]n1)C1CC(F)(F)CN1. The van der Waals surface area contributed by atoms with Gasteiger partial charge in [-0.15, -0.1) is 12.4 Å². The average molecular weight is 337 g/mol. The Morgan fingerprint density at radius 2 is 2.14 bits per heavy atom. The minimum atomic E-state index is -2.82. The number of alkyl halides is 2. The maximum Gasteiger partial charge on any atom is 0.262 e. The van der Waals surface area contributed by atoms with Crippen molar-refractivity contribution in [3.8, 4) is 0 Å². The van der Waals surface area contributed by atoms with Crippen LogP contribution in [0, 0.1) is 0 Å². The van der Waals surface area contributed by atoms with Gasteiger partial charge < -0.3 is 10.1 Å². The number of hydrogen-bond acceptors (Lipinski definition) is 4. The molecule has 6 nitrogen and oxygen atoms in total. The first-order valence-corrected chi connectivity index (χ1v) is 7.09. The standard InChI is InChI=1S/C13H18F2N4O2.ClH/c14-13(15)6-10(16-7-13)12(20)17-11-5-9(18-19-11)8-1-3-21-4-2-8;/h5,8,10,16H,1-4,6-7H2,(H2,17,18,19,20);1H. The monoisotopic (exact) mass is 336 g/mol. The normalized spacial score (nSPS) is 24.7. The number of carbonyl (C=O) groups is 1. The molecule has 124 valence electrons. The maximum absolute atomic E-state index is 13.1. The molecule has 3 rings (SSSR count). The number of carbonyl (C=O) groups excluding carboxylic acids is 1. The number of halogens is 3. The van der Waals surface area contributed by atoms with E-state index < -0.39 is 30.8 Å². The summed E-state index contributed by atoms with van der Waals surface area (Å²) in [6.45, 7) is 0.970. The van der Waals surface area contributed by atoms with Gasteiger partial charge in [0.2, 0.25) is 5.91 Å². The van der Waals surface area contributed by atoms with Gasteiger partial charge in [0.1, 0.15) is 0 Å². The van der Waals surface area contributed by atoms with E-state index in [4.69, 9.17) is 4.74 Å². The molecular formula is C13H19ClF2N4O2. The fourth-order valence-corrected chi connectivity index (χ4v) is 2.73. The van der Waals surface area contributed by atoms with E-state index in [1.54, 1.807) is 6.07 Å². The van der Waals surface area contributed by atoms with E-state index in [1.165, 1.54) is 0 Å². The van der Waals surface area contributed by atoms with Crippen molar-refractivity contribution in [2.45, 2.75) is 37.1 Å². The summed E-state index contributed by atoms with van der Waals surface area (Å²) in [5, 5.41) is 12.0. The summed E-state index contributed by atoms with van der Waals surface area (Å²) in [5.41, 5.74) is 0.943. The highest BCUT2D eigenvalue weighted by atomic mass is 35.5. The summed E-state index contributed by atoms with van der Waals surface area (Å²) < 4.78 is 31.4. The second-order valence-corrected chi connectivity index (χ2v) is 5.58. The molecule has 3 heterocycles. The van der Waals surface area contributed by atoms with Crippen LogP contribution in [-0.4, -0.2) is 47.8 Å². The molecule has 1 unspecified atom stereocenters. The smallest absolute Gasteiger partial charge is 0.262 e. The Morgan fingerprint density at radius 3 is 2.77 bits per heavy atom. The molecule has 1 aromatic heterocycles. The van der Waals surface area contributed by atoms with E-state index in [1.807, 2.05) is 0 Å². The Labute approximate surface area is 132 Å². The van der Waals surface area contributed by atoms with Crippen LogP contribution in [0.5, 0.6) is 0 Å². The van der Waals surface area contributed by atoms with Crippen molar-refractivity contribution < 1.29 is 18.3 Å². The summed E-state index contributed by atoms with van der Waals surface area (Å²) >= 11 is 0. The van der Waals surface area contributed by atoms with Gasteiger partial charge in [0.25, 0.3) is 5.92 Å². The number of nitrogens with one attached hydrogen (secondary N) is 3. The van der Waals surface area contributed by atoms with E-state index in [9.17, 15) is 13.6 Å². The number of amides is 1. The Balaban J connectivity index is 0.00000176. The molecule has 2 aliphatic heterocycles. The van der Waals surface area contributed by atoms with Crippen molar-refractivity contribution in [2.24, 2.45) is 0 Å². The average Bonchev–Trinajstić information content (AvgIpc) is 3.06. The number of rotatable bonds is 3. The molecule has 2 aliphatic rings. The second kappa shape index (κ2) is 6.89. The number of anilines is 1. The number of aromatic nitrogens is 2. The first-order valence-electron chi connectivity index (χ1n) is 7.09. The molecule has 0 spiro atoms. The Hall–Kier alpha value is -1.25. The summed E-state index contributed by atoms with van der Waals surface area (Å²) in [7, 11) is 0. The Bertz CT molecular complexity index is 520. The quantitative estimate of drug-likeness (QED) is 0.784. The third-order valence-electron chi connectivity index (χ3n) is 3.94. The fourth-order valence-electron chi connectivity index (χ4n) is 2.73. The summed E-state index contributed by atoms with van der Waals surface area (Å²) in [6.07, 6.45) is 1.34. The van der Waals surface area contributed by atoms with E-state index in [-0.39, 0.29) is 12.4 Å². The third-order valence-corrected chi connectivity index (χ3v) is 3.94. The molecule has 2 saturated heterocycles. The van der Waals surface area contributed by atoms with Crippen molar-refractivity contribution in [1.82, 2.24) is 15.5 Å². The van der Waals surface area contributed by atoms with Crippen LogP contribution >= 0.6 is 12.4 Å². The largest absolute Gasteiger partial charge is 0.381 e. The number of hydrogen-bond donors (Lipinski definition) is 3. The number of H-pyrrole nitrogens is 1. The van der Waals surface area contributed by atoms with Gasteiger partial charge in [0.05, 0.1) is 12.6 Å². The second-order valence-electron chi connectivity index (χ2n) is 5.58. The highest BCUT2D eigenvalue weighted by molar-refractivity contribution is 5.94. The summed E-state index contributed by atoms with van der Waals surface area (Å²) in [6, 6.07) is 0.893. The lowest BCUT2D eigenvalue weighted by molar-refractivity contribution is -0.118. The van der Waals surface area contributed by atoms with Crippen LogP contribution in [0.1, 0.15) is 30.9 Å². The zero-order chi connectivity index (χ0) is 14.9. The van der Waals surface area contributed by atoms with Crippen molar-refractivity contribution >= 4 is 24.1 Å². The summed E-state index contributed by atoms with van der Waals surface area (Å²) in [5.74, 6) is -2.58. The Kier molecular flexibility index (Phi) is 5.36. The minimum Gasteiger partial charge on any atom is -0.381 e. The molecule has 0 saturated carbocycles. The molecular weight excluding hydrogens is 318 g/mol. The van der Waals surface area contributed by atoms with Gasteiger partial charge in [0.15, 0.2) is 5.82 Å². The molecule has 0 radical (unpaired) electrons. The van der Waals surface area contributed by atoms with Crippen molar-refractivity contribution in [3.63, 3.8) is 0 Å². The van der Waals surface area contributed by atoms with E-state index >= 15 is 0 Å². The first-order chi connectivity index (χ1) is 10.0. The molecule has 1 aromatic rings. The van der Waals surface area contributed by atoms with Gasteiger partial charge in [-0.1, -0.05) is 0 Å². The molecule has 1 atom stereocenters. The molecule has 0 aliphatic carbocycles. The molecule has 9 heteroatoms. The molecule has 22 heavy (non-hydrogen) atoms. The lowest BCUT2D eigenvalue weighted by atomic mass is 9.97. The van der Waals surface area contributed by atoms with Gasteiger partial charge in [-0.3, -0.25) is 15.2 Å². The lowest BCUT2D eigenvalue weighted by Gasteiger charge is -2.20. The number of nitrogens with zero attached hydrogens (tertiary/aromatic N) is 1. The third kappa shape index (κ3) is 3.93. The lowest BCUT2D eigenvalue weighted by Crippen LogP contribution is -2.35. The topological polar surface area (TPSA) is 79.0 Å². The van der Waals surface area contributed by atoms with Crippen LogP contribution < -0.4 is 10.6 Å². The minimum absolute atomic E-state index is 0. The van der Waals surface area contributed by atoms with Gasteiger partial charge >= 0.3 is 0 Å². The van der Waals surface area contributed by atoms with Gasteiger partial charge in [-0.25, -0.2) is 8.78 Å². The van der Waals surface area contributed by atoms with E-state index in [0.717, 1.165) is 18.5 Å². The van der Waals surface area contributed by atoms with E-state index in [2.05, 4.69) is 20.8 Å². The molecule has 0 bridgehead atoms. The first kappa shape index (κ1) is 17.1. The molecule has 2 fully saturated rings. The fraction of sp³-hybridized carbons (Fsp3) is 0.692. The van der Waals surface area contributed by atoms with Crippen molar-refractivity contribution in [2.75, 3.05) is 25.1 Å². The van der Waals surface area contributed by atoms with E-state index in [0.29, 0.717) is 24.9 Å². The zero-order valence-corrected chi connectivity index (χ0v) is 12.7. The highest BCUT2D eigenvalue weighted by Crippen LogP contribution is 2.28. The molecule has 0 aromatic carbocycles. The van der Waals surface area contributed by atoms with Gasteiger partial charge in [-0.2, -0.15) is 5.10 Å². The van der Waals surface area contributed by atoms with Crippen molar-refractivity contribution in [1.29, 1.82) is 0 Å².